The molecule has 2 rings (SSSR count). The number of carbonyl (C=O) groups is 2. The van der Waals surface area contributed by atoms with Gasteiger partial charge in [-0.2, -0.15) is 0 Å². The standard InChI is InChI=1S/C12H11NO4/c1-17-12(16)11-8(6-10(14)15)7-4-2-3-5-9(7)13-11/h2-5,13H,6H2,1H3,(H,14,15). The van der Waals surface area contributed by atoms with Crippen molar-refractivity contribution < 1.29 is 19.4 Å². The number of nitrogens with one attached hydrogen (secondary N) is 1. The van der Waals surface area contributed by atoms with E-state index in [1.165, 1.54) is 7.11 Å². The lowest BCUT2D eigenvalue weighted by Crippen LogP contribution is -2.08. The normalized spacial score (nSPS) is 10.4. The molecule has 2 N–H and O–H groups in total. The third-order valence-corrected chi connectivity index (χ3v) is 2.53. The molecule has 5 nitrogen and oxygen atoms in total. The molecular formula is C12H11NO4. The Balaban J connectivity index is 2.64. The molecule has 1 heterocycles. The van der Waals surface area contributed by atoms with E-state index in [2.05, 4.69) is 9.72 Å². The van der Waals surface area contributed by atoms with Gasteiger partial charge in [0.25, 0.3) is 0 Å². The summed E-state index contributed by atoms with van der Waals surface area (Å²) in [5, 5.41) is 9.59. The summed E-state index contributed by atoms with van der Waals surface area (Å²) in [6.07, 6.45) is -0.214. The number of carboxylic acid groups (broad SMARTS) is 1. The predicted octanol–water partition coefficient (Wildman–Crippen LogP) is 1.58. The minimum absolute atomic E-state index is 0.205. The largest absolute Gasteiger partial charge is 0.481 e. The minimum Gasteiger partial charge on any atom is -0.481 e. The monoisotopic (exact) mass is 233 g/mol. The smallest absolute Gasteiger partial charge is 0.354 e. The third-order valence-electron chi connectivity index (χ3n) is 2.53. The highest BCUT2D eigenvalue weighted by Gasteiger charge is 2.19. The van der Waals surface area contributed by atoms with Gasteiger partial charge in [0.2, 0.25) is 0 Å². The molecule has 0 radical (unpaired) electrons. The zero-order valence-corrected chi connectivity index (χ0v) is 9.19. The summed E-state index contributed by atoms with van der Waals surface area (Å²) in [6.45, 7) is 0. The van der Waals surface area contributed by atoms with Gasteiger partial charge in [0.05, 0.1) is 13.5 Å². The Morgan fingerprint density at radius 2 is 2.06 bits per heavy atom. The summed E-state index contributed by atoms with van der Waals surface area (Å²) in [4.78, 5) is 25.2. The molecule has 1 aromatic carbocycles. The molecule has 0 aliphatic rings. The van der Waals surface area contributed by atoms with Crippen LogP contribution in [0.4, 0.5) is 0 Å². The van der Waals surface area contributed by atoms with Crippen molar-refractivity contribution in [3.05, 3.63) is 35.5 Å². The van der Waals surface area contributed by atoms with Crippen molar-refractivity contribution >= 4 is 22.8 Å². The zero-order chi connectivity index (χ0) is 12.4. The molecule has 88 valence electrons. The average molecular weight is 233 g/mol. The van der Waals surface area contributed by atoms with E-state index in [1.807, 2.05) is 6.07 Å². The van der Waals surface area contributed by atoms with Crippen LogP contribution in [0.3, 0.4) is 0 Å². The lowest BCUT2D eigenvalue weighted by molar-refractivity contribution is -0.136. The number of hydrogen-bond acceptors (Lipinski definition) is 3. The van der Waals surface area contributed by atoms with Crippen LogP contribution in [0.5, 0.6) is 0 Å². The highest BCUT2D eigenvalue weighted by molar-refractivity contribution is 6.00. The second-order valence-electron chi connectivity index (χ2n) is 3.59. The topological polar surface area (TPSA) is 79.4 Å². The van der Waals surface area contributed by atoms with Gasteiger partial charge in [0.15, 0.2) is 0 Å². The summed E-state index contributed by atoms with van der Waals surface area (Å²) in [7, 11) is 1.26. The van der Waals surface area contributed by atoms with Gasteiger partial charge in [0.1, 0.15) is 5.69 Å². The van der Waals surface area contributed by atoms with Crippen molar-refractivity contribution in [1.29, 1.82) is 0 Å². The highest BCUT2D eigenvalue weighted by Crippen LogP contribution is 2.23. The van der Waals surface area contributed by atoms with Crippen LogP contribution in [-0.4, -0.2) is 29.1 Å². The molecule has 5 heteroatoms. The molecule has 0 unspecified atom stereocenters. The van der Waals surface area contributed by atoms with Gasteiger partial charge in [0, 0.05) is 16.5 Å². The maximum absolute atomic E-state index is 11.5. The number of ether oxygens (including phenoxy) is 1. The molecule has 17 heavy (non-hydrogen) atoms. The fraction of sp³-hybridized carbons (Fsp3) is 0.167. The Morgan fingerprint density at radius 1 is 1.35 bits per heavy atom. The Labute approximate surface area is 97.0 Å². The van der Waals surface area contributed by atoms with Crippen LogP contribution < -0.4 is 0 Å². The average Bonchev–Trinajstić information content (AvgIpc) is 2.67. The first-order valence-electron chi connectivity index (χ1n) is 5.03. The molecule has 0 saturated heterocycles. The maximum Gasteiger partial charge on any atom is 0.354 e. The Morgan fingerprint density at radius 3 is 2.71 bits per heavy atom. The van der Waals surface area contributed by atoms with Crippen molar-refractivity contribution in [2.45, 2.75) is 6.42 Å². The van der Waals surface area contributed by atoms with Gasteiger partial charge in [-0.3, -0.25) is 4.79 Å². The quantitative estimate of drug-likeness (QED) is 0.789. The van der Waals surface area contributed by atoms with Crippen molar-refractivity contribution in [2.24, 2.45) is 0 Å². The molecule has 0 aliphatic carbocycles. The number of rotatable bonds is 3. The van der Waals surface area contributed by atoms with Gasteiger partial charge >= 0.3 is 11.9 Å². The summed E-state index contributed by atoms with van der Waals surface area (Å²) in [6, 6.07) is 7.16. The number of aromatic amines is 1. The number of aromatic nitrogens is 1. The number of carboxylic acids is 1. The van der Waals surface area contributed by atoms with Crippen LogP contribution in [0, 0.1) is 0 Å². The molecule has 2 aromatic rings. The van der Waals surface area contributed by atoms with Crippen LogP contribution in [0.1, 0.15) is 16.1 Å². The Kier molecular flexibility index (Phi) is 2.82. The molecule has 0 spiro atoms. The summed E-state index contributed by atoms with van der Waals surface area (Å²) in [5.74, 6) is -1.54. The highest BCUT2D eigenvalue weighted by atomic mass is 16.5. The van der Waals surface area contributed by atoms with Gasteiger partial charge in [-0.25, -0.2) is 4.79 Å². The number of benzene rings is 1. The van der Waals surface area contributed by atoms with E-state index in [-0.39, 0.29) is 12.1 Å². The molecule has 0 fully saturated rings. The first-order valence-corrected chi connectivity index (χ1v) is 5.03. The lowest BCUT2D eigenvalue weighted by atomic mass is 10.1. The van der Waals surface area contributed by atoms with E-state index in [0.29, 0.717) is 5.56 Å². The first kappa shape index (κ1) is 11.2. The fourth-order valence-electron chi connectivity index (χ4n) is 1.81. The summed E-state index contributed by atoms with van der Waals surface area (Å²) >= 11 is 0. The second kappa shape index (κ2) is 4.29. The number of hydrogen-bond donors (Lipinski definition) is 2. The van der Waals surface area contributed by atoms with Crippen LogP contribution in [0.25, 0.3) is 10.9 Å². The number of para-hydroxylation sites is 1. The molecule has 0 bridgehead atoms. The van der Waals surface area contributed by atoms with Gasteiger partial charge in [-0.15, -0.1) is 0 Å². The van der Waals surface area contributed by atoms with Crippen LogP contribution in [-0.2, 0) is 16.0 Å². The van der Waals surface area contributed by atoms with Crippen LogP contribution in [0.15, 0.2) is 24.3 Å². The third kappa shape index (κ3) is 1.99. The number of fused-ring (bicyclic) bond motifs is 1. The van der Waals surface area contributed by atoms with Gasteiger partial charge in [-0.05, 0) is 6.07 Å². The van der Waals surface area contributed by atoms with Gasteiger partial charge < -0.3 is 14.8 Å². The van der Waals surface area contributed by atoms with Crippen LogP contribution >= 0.6 is 0 Å². The molecule has 0 saturated carbocycles. The number of esters is 1. The zero-order valence-electron chi connectivity index (χ0n) is 9.19. The van der Waals surface area contributed by atoms with E-state index in [1.54, 1.807) is 18.2 Å². The van der Waals surface area contributed by atoms with E-state index in [0.717, 1.165) is 10.9 Å². The van der Waals surface area contributed by atoms with E-state index < -0.39 is 11.9 Å². The fourth-order valence-corrected chi connectivity index (χ4v) is 1.81. The molecular weight excluding hydrogens is 222 g/mol. The first-order chi connectivity index (χ1) is 8.13. The maximum atomic E-state index is 11.5. The van der Waals surface area contributed by atoms with Crippen LogP contribution in [0.2, 0.25) is 0 Å². The number of aliphatic carboxylic acids is 1. The Bertz CT molecular complexity index is 585. The molecule has 1 aromatic heterocycles. The van der Waals surface area contributed by atoms with Crippen molar-refractivity contribution in [3.8, 4) is 0 Å². The van der Waals surface area contributed by atoms with Gasteiger partial charge in [-0.1, -0.05) is 18.2 Å². The Hall–Kier alpha value is -2.30. The summed E-state index contributed by atoms with van der Waals surface area (Å²) < 4.78 is 4.62. The second-order valence-corrected chi connectivity index (χ2v) is 3.59. The predicted molar refractivity (Wildman–Crippen MR) is 61.0 cm³/mol. The van der Waals surface area contributed by atoms with Crippen molar-refractivity contribution in [3.63, 3.8) is 0 Å². The molecule has 0 atom stereocenters. The number of carbonyl (C=O) groups excluding carboxylic acids is 1. The SMILES string of the molecule is COC(=O)c1[nH]c2ccccc2c1CC(=O)O. The molecule has 0 amide bonds. The van der Waals surface area contributed by atoms with E-state index >= 15 is 0 Å². The van der Waals surface area contributed by atoms with E-state index in [4.69, 9.17) is 5.11 Å². The lowest BCUT2D eigenvalue weighted by Gasteiger charge is -1.99. The van der Waals surface area contributed by atoms with Crippen molar-refractivity contribution in [2.75, 3.05) is 7.11 Å². The van der Waals surface area contributed by atoms with Crippen molar-refractivity contribution in [1.82, 2.24) is 4.98 Å². The van der Waals surface area contributed by atoms with E-state index in [9.17, 15) is 9.59 Å². The minimum atomic E-state index is -0.986. The number of methoxy groups -OCH3 is 1. The number of H-pyrrole nitrogens is 1. The molecule has 0 aliphatic heterocycles. The summed E-state index contributed by atoms with van der Waals surface area (Å²) in [5.41, 5.74) is 1.39.